The summed E-state index contributed by atoms with van der Waals surface area (Å²) in [4.78, 5) is 30.8. The minimum Gasteiger partial charge on any atom is -0.345 e. The van der Waals surface area contributed by atoms with Crippen molar-refractivity contribution in [2.75, 3.05) is 18.9 Å². The van der Waals surface area contributed by atoms with Crippen LogP contribution in [0.4, 0.5) is 5.69 Å². The minimum absolute atomic E-state index is 0.0525. The van der Waals surface area contributed by atoms with Crippen molar-refractivity contribution in [3.8, 4) is 0 Å². The van der Waals surface area contributed by atoms with Gasteiger partial charge in [0.25, 0.3) is 0 Å². The highest BCUT2D eigenvalue weighted by Crippen LogP contribution is 2.41. The van der Waals surface area contributed by atoms with Crippen molar-refractivity contribution in [3.05, 3.63) is 59.4 Å². The Morgan fingerprint density at radius 3 is 2.42 bits per heavy atom. The quantitative estimate of drug-likeness (QED) is 0.870. The normalized spacial score (nSPS) is 18.3. The second-order valence-corrected chi connectivity index (χ2v) is 7.07. The zero-order valence-electron chi connectivity index (χ0n) is 15.5. The van der Waals surface area contributed by atoms with Gasteiger partial charge >= 0.3 is 0 Å². The number of carbonyl (C=O) groups excluding carboxylic acids is 2. The number of para-hydroxylation sites is 1. The SMILES string of the molecule is Cc1cccc(C)c1NC(=O)C1CC1C(=O)N(C)CCc1ccncc1. The van der Waals surface area contributed by atoms with Gasteiger partial charge in [-0.05, 0) is 55.5 Å². The molecule has 1 heterocycles. The topological polar surface area (TPSA) is 62.3 Å². The fourth-order valence-electron chi connectivity index (χ4n) is 3.22. The molecule has 1 fully saturated rings. The van der Waals surface area contributed by atoms with Crippen LogP contribution in [-0.2, 0) is 16.0 Å². The summed E-state index contributed by atoms with van der Waals surface area (Å²) < 4.78 is 0. The lowest BCUT2D eigenvalue weighted by Gasteiger charge is -2.17. The van der Waals surface area contributed by atoms with Crippen LogP contribution in [0.1, 0.15) is 23.1 Å². The van der Waals surface area contributed by atoms with Gasteiger partial charge in [0, 0.05) is 31.7 Å². The lowest BCUT2D eigenvalue weighted by molar-refractivity contribution is -0.132. The summed E-state index contributed by atoms with van der Waals surface area (Å²) in [5.41, 5.74) is 4.09. The molecule has 136 valence electrons. The molecule has 1 aliphatic rings. The molecule has 1 N–H and O–H groups in total. The Kier molecular flexibility index (Phi) is 5.35. The van der Waals surface area contributed by atoms with E-state index < -0.39 is 0 Å². The van der Waals surface area contributed by atoms with Crippen molar-refractivity contribution in [2.45, 2.75) is 26.7 Å². The van der Waals surface area contributed by atoms with E-state index in [9.17, 15) is 9.59 Å². The molecule has 3 rings (SSSR count). The Morgan fingerprint density at radius 2 is 1.77 bits per heavy atom. The lowest BCUT2D eigenvalue weighted by Crippen LogP contribution is -2.31. The summed E-state index contributed by atoms with van der Waals surface area (Å²) in [6.07, 6.45) is 4.93. The molecule has 1 saturated carbocycles. The first-order chi connectivity index (χ1) is 12.5. The summed E-state index contributed by atoms with van der Waals surface area (Å²) in [5, 5.41) is 3.01. The van der Waals surface area contributed by atoms with Gasteiger partial charge in [-0.3, -0.25) is 14.6 Å². The fourth-order valence-corrected chi connectivity index (χ4v) is 3.22. The lowest BCUT2D eigenvalue weighted by atomic mass is 10.1. The molecule has 0 aliphatic heterocycles. The summed E-state index contributed by atoms with van der Waals surface area (Å²) in [7, 11) is 1.81. The van der Waals surface area contributed by atoms with E-state index in [2.05, 4.69) is 10.3 Å². The van der Waals surface area contributed by atoms with E-state index in [1.807, 2.05) is 51.2 Å². The van der Waals surface area contributed by atoms with Crippen molar-refractivity contribution in [2.24, 2.45) is 11.8 Å². The van der Waals surface area contributed by atoms with Crippen LogP contribution in [0.25, 0.3) is 0 Å². The first-order valence-corrected chi connectivity index (χ1v) is 8.98. The van der Waals surface area contributed by atoms with E-state index in [1.165, 1.54) is 0 Å². The molecule has 2 aromatic rings. The average molecular weight is 351 g/mol. The Bertz CT molecular complexity index is 784. The summed E-state index contributed by atoms with van der Waals surface area (Å²) in [5.74, 6) is -0.407. The van der Waals surface area contributed by atoms with Gasteiger partial charge in [0.2, 0.25) is 11.8 Å². The van der Waals surface area contributed by atoms with Gasteiger partial charge in [-0.2, -0.15) is 0 Å². The molecular formula is C21H25N3O2. The van der Waals surface area contributed by atoms with Crippen LogP contribution in [0, 0.1) is 25.7 Å². The van der Waals surface area contributed by atoms with Gasteiger partial charge in [-0.15, -0.1) is 0 Å². The fraction of sp³-hybridized carbons (Fsp3) is 0.381. The van der Waals surface area contributed by atoms with E-state index in [0.29, 0.717) is 13.0 Å². The highest BCUT2D eigenvalue weighted by Gasteiger charge is 2.49. The van der Waals surface area contributed by atoms with E-state index >= 15 is 0 Å². The Hall–Kier alpha value is -2.69. The molecule has 5 nitrogen and oxygen atoms in total. The zero-order valence-corrected chi connectivity index (χ0v) is 15.5. The molecule has 0 saturated heterocycles. The third kappa shape index (κ3) is 4.10. The number of aryl methyl sites for hydroxylation is 2. The number of hydrogen-bond acceptors (Lipinski definition) is 3. The standard InChI is InChI=1S/C21H25N3O2/c1-14-5-4-6-15(2)19(14)23-20(25)17-13-18(17)21(26)24(3)12-9-16-7-10-22-11-8-16/h4-8,10-11,17-18H,9,12-13H2,1-3H3,(H,23,25). The van der Waals surface area contributed by atoms with Crippen LogP contribution in [0.2, 0.25) is 0 Å². The first kappa shape index (κ1) is 18.1. The maximum Gasteiger partial charge on any atom is 0.228 e. The Balaban J connectivity index is 1.52. The molecule has 26 heavy (non-hydrogen) atoms. The number of rotatable bonds is 6. The molecule has 0 radical (unpaired) electrons. The molecule has 1 aromatic carbocycles. The van der Waals surface area contributed by atoms with E-state index in [1.54, 1.807) is 17.3 Å². The number of benzene rings is 1. The Labute approximate surface area is 154 Å². The van der Waals surface area contributed by atoms with Crippen LogP contribution < -0.4 is 5.32 Å². The number of carbonyl (C=O) groups is 2. The second kappa shape index (κ2) is 7.68. The minimum atomic E-state index is -0.218. The van der Waals surface area contributed by atoms with Crippen LogP contribution in [0.3, 0.4) is 0 Å². The third-order valence-electron chi connectivity index (χ3n) is 5.04. The van der Waals surface area contributed by atoms with E-state index in [0.717, 1.165) is 28.8 Å². The second-order valence-electron chi connectivity index (χ2n) is 7.07. The van der Waals surface area contributed by atoms with Gasteiger partial charge in [0.15, 0.2) is 0 Å². The molecular weight excluding hydrogens is 326 g/mol. The van der Waals surface area contributed by atoms with Crippen molar-refractivity contribution in [1.82, 2.24) is 9.88 Å². The molecule has 5 heteroatoms. The van der Waals surface area contributed by atoms with Gasteiger partial charge in [-0.1, -0.05) is 18.2 Å². The Morgan fingerprint density at radius 1 is 1.12 bits per heavy atom. The zero-order chi connectivity index (χ0) is 18.7. The van der Waals surface area contributed by atoms with Crippen LogP contribution in [0.5, 0.6) is 0 Å². The van der Waals surface area contributed by atoms with Crippen molar-refractivity contribution < 1.29 is 9.59 Å². The summed E-state index contributed by atoms with van der Waals surface area (Å²) in [6.45, 7) is 4.60. The number of likely N-dealkylation sites (N-methyl/N-ethyl adjacent to an activating group) is 1. The molecule has 2 amide bonds. The maximum absolute atomic E-state index is 12.6. The number of nitrogens with one attached hydrogen (secondary N) is 1. The van der Waals surface area contributed by atoms with Crippen LogP contribution in [-0.4, -0.2) is 35.3 Å². The molecule has 1 aromatic heterocycles. The van der Waals surface area contributed by atoms with Gasteiger partial charge in [-0.25, -0.2) is 0 Å². The van der Waals surface area contributed by atoms with Gasteiger partial charge in [0.1, 0.15) is 0 Å². The molecule has 0 spiro atoms. The number of amides is 2. The number of aromatic nitrogens is 1. The monoisotopic (exact) mass is 351 g/mol. The van der Waals surface area contributed by atoms with Gasteiger partial charge in [0.05, 0.1) is 11.8 Å². The van der Waals surface area contributed by atoms with Crippen molar-refractivity contribution in [3.63, 3.8) is 0 Å². The molecule has 1 aliphatic carbocycles. The summed E-state index contributed by atoms with van der Waals surface area (Å²) in [6, 6.07) is 9.84. The van der Waals surface area contributed by atoms with Crippen LogP contribution in [0.15, 0.2) is 42.7 Å². The number of nitrogens with zero attached hydrogens (tertiary/aromatic N) is 2. The molecule has 0 bridgehead atoms. The molecule has 2 unspecified atom stereocenters. The smallest absolute Gasteiger partial charge is 0.228 e. The van der Waals surface area contributed by atoms with Crippen molar-refractivity contribution >= 4 is 17.5 Å². The summed E-state index contributed by atoms with van der Waals surface area (Å²) >= 11 is 0. The average Bonchev–Trinajstić information content (AvgIpc) is 3.44. The van der Waals surface area contributed by atoms with Crippen LogP contribution >= 0.6 is 0 Å². The first-order valence-electron chi connectivity index (χ1n) is 8.98. The predicted octanol–water partition coefficient (Wildman–Crippen LogP) is 2.97. The van der Waals surface area contributed by atoms with E-state index in [4.69, 9.17) is 0 Å². The van der Waals surface area contributed by atoms with Crippen molar-refractivity contribution in [1.29, 1.82) is 0 Å². The maximum atomic E-state index is 12.6. The highest BCUT2D eigenvalue weighted by molar-refractivity contribution is 6.00. The number of pyridine rings is 1. The van der Waals surface area contributed by atoms with Gasteiger partial charge < -0.3 is 10.2 Å². The largest absolute Gasteiger partial charge is 0.345 e. The van der Waals surface area contributed by atoms with E-state index in [-0.39, 0.29) is 23.7 Å². The molecule has 2 atom stereocenters. The number of hydrogen-bond donors (Lipinski definition) is 1. The predicted molar refractivity (Wildman–Crippen MR) is 102 cm³/mol. The third-order valence-corrected chi connectivity index (χ3v) is 5.04. The number of anilines is 1. The highest BCUT2D eigenvalue weighted by atomic mass is 16.2.